The van der Waals surface area contributed by atoms with Gasteiger partial charge < -0.3 is 10.5 Å². The van der Waals surface area contributed by atoms with E-state index in [0.29, 0.717) is 6.10 Å². The molecule has 3 rings (SSSR count). The Kier molecular flexibility index (Phi) is 3.06. The molecule has 1 fully saturated rings. The molecule has 0 aliphatic heterocycles. The first-order valence-corrected chi connectivity index (χ1v) is 6.88. The zero-order chi connectivity index (χ0) is 11.7. The molecule has 0 aromatic heterocycles. The molecule has 2 nitrogen and oxygen atoms in total. The number of rotatable bonds is 2. The Morgan fingerprint density at radius 1 is 1.06 bits per heavy atom. The van der Waals surface area contributed by atoms with Gasteiger partial charge in [0.25, 0.3) is 0 Å². The molecule has 92 valence electrons. The smallest absolute Gasteiger partial charge is 0.120 e. The van der Waals surface area contributed by atoms with Crippen LogP contribution in [0.1, 0.15) is 55.7 Å². The van der Waals surface area contributed by atoms with E-state index in [2.05, 4.69) is 18.2 Å². The standard InChI is InChI=1S/C15H21NO/c16-15-7-3-4-11-8-9-13(10-14(11)15)17-12-5-1-2-6-12/h8-10,12,15H,1-7,16H2/t15-/m1/s1. The van der Waals surface area contributed by atoms with Crippen molar-refractivity contribution in [3.63, 3.8) is 0 Å². The molecule has 0 unspecified atom stereocenters. The van der Waals surface area contributed by atoms with Gasteiger partial charge in [0.2, 0.25) is 0 Å². The van der Waals surface area contributed by atoms with Crippen molar-refractivity contribution in [1.29, 1.82) is 0 Å². The van der Waals surface area contributed by atoms with Crippen LogP contribution < -0.4 is 10.5 Å². The predicted molar refractivity (Wildman–Crippen MR) is 69.2 cm³/mol. The summed E-state index contributed by atoms with van der Waals surface area (Å²) in [6.07, 6.45) is 8.99. The minimum atomic E-state index is 0.214. The van der Waals surface area contributed by atoms with Gasteiger partial charge in [0.15, 0.2) is 0 Å². The van der Waals surface area contributed by atoms with Crippen molar-refractivity contribution in [1.82, 2.24) is 0 Å². The lowest BCUT2D eigenvalue weighted by Crippen LogP contribution is -2.18. The maximum absolute atomic E-state index is 6.17. The van der Waals surface area contributed by atoms with E-state index in [4.69, 9.17) is 10.5 Å². The minimum absolute atomic E-state index is 0.214. The second-order valence-electron chi connectivity index (χ2n) is 5.38. The highest BCUT2D eigenvalue weighted by Gasteiger charge is 2.20. The molecule has 2 aliphatic carbocycles. The molecule has 2 aliphatic rings. The third-order valence-electron chi connectivity index (χ3n) is 4.08. The van der Waals surface area contributed by atoms with Gasteiger partial charge in [-0.1, -0.05) is 6.07 Å². The second kappa shape index (κ2) is 4.69. The van der Waals surface area contributed by atoms with Crippen molar-refractivity contribution in [3.8, 4) is 5.75 Å². The highest BCUT2D eigenvalue weighted by molar-refractivity contribution is 5.39. The Morgan fingerprint density at radius 3 is 2.71 bits per heavy atom. The van der Waals surface area contributed by atoms with Gasteiger partial charge in [0, 0.05) is 6.04 Å². The van der Waals surface area contributed by atoms with Crippen LogP contribution in [0.3, 0.4) is 0 Å². The Hall–Kier alpha value is -1.02. The summed E-state index contributed by atoms with van der Waals surface area (Å²) in [5.74, 6) is 1.02. The van der Waals surface area contributed by atoms with Gasteiger partial charge in [-0.3, -0.25) is 0 Å². The van der Waals surface area contributed by atoms with E-state index in [1.165, 1.54) is 49.7 Å². The van der Waals surface area contributed by atoms with Crippen molar-refractivity contribution in [2.24, 2.45) is 5.73 Å². The summed E-state index contributed by atoms with van der Waals surface area (Å²) < 4.78 is 6.03. The first-order valence-electron chi connectivity index (χ1n) is 6.88. The van der Waals surface area contributed by atoms with Crippen LogP contribution in [0.25, 0.3) is 0 Å². The van der Waals surface area contributed by atoms with Gasteiger partial charge in [0.05, 0.1) is 6.10 Å². The van der Waals surface area contributed by atoms with Crippen LogP contribution in [0.5, 0.6) is 5.75 Å². The van der Waals surface area contributed by atoms with E-state index < -0.39 is 0 Å². The molecule has 1 atom stereocenters. The Balaban J connectivity index is 1.79. The molecule has 1 aromatic rings. The van der Waals surface area contributed by atoms with Crippen LogP contribution >= 0.6 is 0 Å². The zero-order valence-corrected chi connectivity index (χ0v) is 10.3. The van der Waals surface area contributed by atoms with Crippen molar-refractivity contribution in [3.05, 3.63) is 29.3 Å². The monoisotopic (exact) mass is 231 g/mol. The number of aryl methyl sites for hydroxylation is 1. The van der Waals surface area contributed by atoms with E-state index >= 15 is 0 Å². The number of fused-ring (bicyclic) bond motifs is 1. The lowest BCUT2D eigenvalue weighted by Gasteiger charge is -2.23. The van der Waals surface area contributed by atoms with Crippen LogP contribution in [0.4, 0.5) is 0 Å². The molecule has 1 saturated carbocycles. The quantitative estimate of drug-likeness (QED) is 0.847. The number of nitrogens with two attached hydrogens (primary N) is 1. The summed E-state index contributed by atoms with van der Waals surface area (Å²) in [4.78, 5) is 0. The molecule has 0 spiro atoms. The molecule has 2 N–H and O–H groups in total. The van der Waals surface area contributed by atoms with Gasteiger partial charge in [-0.2, -0.15) is 0 Å². The minimum Gasteiger partial charge on any atom is -0.490 e. The topological polar surface area (TPSA) is 35.2 Å². The van der Waals surface area contributed by atoms with Crippen LogP contribution in [0.2, 0.25) is 0 Å². The fraction of sp³-hybridized carbons (Fsp3) is 0.600. The summed E-state index contributed by atoms with van der Waals surface area (Å²) in [7, 11) is 0. The Bertz CT molecular complexity index is 396. The molecular weight excluding hydrogens is 210 g/mol. The number of ether oxygens (including phenoxy) is 1. The summed E-state index contributed by atoms with van der Waals surface area (Å²) in [5, 5.41) is 0. The van der Waals surface area contributed by atoms with Crippen molar-refractivity contribution in [2.75, 3.05) is 0 Å². The van der Waals surface area contributed by atoms with Crippen LogP contribution in [-0.4, -0.2) is 6.10 Å². The van der Waals surface area contributed by atoms with Crippen molar-refractivity contribution < 1.29 is 4.74 Å². The fourth-order valence-corrected chi connectivity index (χ4v) is 3.09. The van der Waals surface area contributed by atoms with Crippen LogP contribution in [-0.2, 0) is 6.42 Å². The fourth-order valence-electron chi connectivity index (χ4n) is 3.09. The second-order valence-corrected chi connectivity index (χ2v) is 5.38. The third-order valence-corrected chi connectivity index (χ3v) is 4.08. The number of benzene rings is 1. The molecule has 0 radical (unpaired) electrons. The van der Waals surface area contributed by atoms with Gasteiger partial charge >= 0.3 is 0 Å². The SMILES string of the molecule is N[C@@H]1CCCc2ccc(OC3CCCC3)cc21. The van der Waals surface area contributed by atoms with Crippen LogP contribution in [0.15, 0.2) is 18.2 Å². The van der Waals surface area contributed by atoms with E-state index in [0.717, 1.165) is 12.2 Å². The number of hydrogen-bond donors (Lipinski definition) is 1. The lowest BCUT2D eigenvalue weighted by atomic mass is 9.88. The van der Waals surface area contributed by atoms with Gasteiger partial charge in [0.1, 0.15) is 5.75 Å². The normalized spacial score (nSPS) is 24.6. The first kappa shape index (κ1) is 11.1. The summed E-state index contributed by atoms with van der Waals surface area (Å²) in [6, 6.07) is 6.72. The van der Waals surface area contributed by atoms with Crippen LogP contribution in [0, 0.1) is 0 Å². The molecule has 1 aromatic carbocycles. The van der Waals surface area contributed by atoms with Gasteiger partial charge in [-0.25, -0.2) is 0 Å². The molecule has 0 saturated heterocycles. The largest absolute Gasteiger partial charge is 0.490 e. The summed E-state index contributed by atoms with van der Waals surface area (Å²) in [5.41, 5.74) is 8.90. The summed E-state index contributed by atoms with van der Waals surface area (Å²) >= 11 is 0. The Morgan fingerprint density at radius 2 is 1.88 bits per heavy atom. The molecule has 0 amide bonds. The molecule has 17 heavy (non-hydrogen) atoms. The third kappa shape index (κ3) is 2.32. The molecule has 0 bridgehead atoms. The van der Waals surface area contributed by atoms with E-state index in [9.17, 15) is 0 Å². The average Bonchev–Trinajstić information content (AvgIpc) is 2.83. The van der Waals surface area contributed by atoms with E-state index in [-0.39, 0.29) is 6.04 Å². The van der Waals surface area contributed by atoms with Gasteiger partial charge in [-0.15, -0.1) is 0 Å². The predicted octanol–water partition coefficient (Wildman–Crippen LogP) is 3.34. The maximum atomic E-state index is 6.17. The molecular formula is C15H21NO. The summed E-state index contributed by atoms with van der Waals surface area (Å²) in [6.45, 7) is 0. The zero-order valence-electron chi connectivity index (χ0n) is 10.3. The molecule has 0 heterocycles. The lowest BCUT2D eigenvalue weighted by molar-refractivity contribution is 0.209. The first-order chi connectivity index (χ1) is 8.33. The highest BCUT2D eigenvalue weighted by atomic mass is 16.5. The highest BCUT2D eigenvalue weighted by Crippen LogP contribution is 2.32. The van der Waals surface area contributed by atoms with E-state index in [1.807, 2.05) is 0 Å². The number of hydrogen-bond acceptors (Lipinski definition) is 2. The Labute approximate surface area is 103 Å². The van der Waals surface area contributed by atoms with Crippen molar-refractivity contribution >= 4 is 0 Å². The van der Waals surface area contributed by atoms with E-state index in [1.54, 1.807) is 0 Å². The molecule has 2 heteroatoms. The average molecular weight is 231 g/mol. The van der Waals surface area contributed by atoms with Gasteiger partial charge in [-0.05, 0) is 68.2 Å². The van der Waals surface area contributed by atoms with Crippen molar-refractivity contribution in [2.45, 2.75) is 57.1 Å². The maximum Gasteiger partial charge on any atom is 0.120 e.